The van der Waals surface area contributed by atoms with E-state index < -0.39 is 17.6 Å². The van der Waals surface area contributed by atoms with Gasteiger partial charge < -0.3 is 24.0 Å². The van der Waals surface area contributed by atoms with E-state index in [1.54, 1.807) is 48.8 Å². The van der Waals surface area contributed by atoms with E-state index in [0.29, 0.717) is 49.4 Å². The van der Waals surface area contributed by atoms with Gasteiger partial charge in [-0.25, -0.2) is 4.79 Å². The van der Waals surface area contributed by atoms with E-state index >= 15 is 0 Å². The number of esters is 1. The van der Waals surface area contributed by atoms with Crippen LogP contribution < -0.4 is 9.64 Å². The molecule has 1 saturated heterocycles. The van der Waals surface area contributed by atoms with Crippen LogP contribution in [0.2, 0.25) is 0 Å². The Labute approximate surface area is 194 Å². The fourth-order valence-electron chi connectivity index (χ4n) is 4.29. The Kier molecular flexibility index (Phi) is 7.46. The lowest BCUT2D eigenvalue weighted by Gasteiger charge is -2.38. The van der Waals surface area contributed by atoms with Crippen molar-refractivity contribution in [3.8, 4) is 11.8 Å². The molecule has 2 amide bonds. The summed E-state index contributed by atoms with van der Waals surface area (Å²) in [7, 11) is 1.35. The van der Waals surface area contributed by atoms with Gasteiger partial charge in [0.2, 0.25) is 0 Å². The number of anilines is 1. The average molecular weight is 458 g/mol. The van der Waals surface area contributed by atoms with Crippen LogP contribution in [0.25, 0.3) is 0 Å². The van der Waals surface area contributed by atoms with Gasteiger partial charge in [0, 0.05) is 19.6 Å². The molecule has 9 heteroatoms. The van der Waals surface area contributed by atoms with Crippen LogP contribution in [0.15, 0.2) is 18.2 Å². The van der Waals surface area contributed by atoms with Crippen molar-refractivity contribution in [2.45, 2.75) is 45.6 Å². The van der Waals surface area contributed by atoms with Crippen LogP contribution in [0.1, 0.15) is 45.6 Å². The highest BCUT2D eigenvalue weighted by atomic mass is 16.6. The molecule has 2 atom stereocenters. The number of likely N-dealkylation sites (tertiary alicyclic amines) is 1. The molecule has 9 nitrogen and oxygen atoms in total. The molecule has 2 unspecified atom stereocenters. The molecule has 33 heavy (non-hydrogen) atoms. The molecule has 2 aliphatic heterocycles. The van der Waals surface area contributed by atoms with Gasteiger partial charge in [-0.15, -0.1) is 0 Å². The number of piperidine rings is 1. The van der Waals surface area contributed by atoms with Gasteiger partial charge in [-0.3, -0.25) is 9.59 Å². The fourth-order valence-corrected chi connectivity index (χ4v) is 4.29. The number of fused-ring (bicyclic) bond motifs is 1. The summed E-state index contributed by atoms with van der Waals surface area (Å²) in [6, 6.07) is 7.10. The zero-order valence-corrected chi connectivity index (χ0v) is 19.6. The lowest BCUT2D eigenvalue weighted by atomic mass is 9.82. The second-order valence-corrected chi connectivity index (χ2v) is 9.38. The number of benzene rings is 1. The predicted octanol–water partition coefficient (Wildman–Crippen LogP) is 3.11. The predicted molar refractivity (Wildman–Crippen MR) is 120 cm³/mol. The summed E-state index contributed by atoms with van der Waals surface area (Å²) in [5.41, 5.74) is 0.438. The molecule has 1 aromatic rings. The lowest BCUT2D eigenvalue weighted by Crippen LogP contribution is -2.48. The Balaban J connectivity index is 1.64. The Morgan fingerprint density at radius 3 is 2.73 bits per heavy atom. The zero-order chi connectivity index (χ0) is 24.2. The normalized spacial score (nSPS) is 20.4. The van der Waals surface area contributed by atoms with Gasteiger partial charge in [0.05, 0.1) is 30.3 Å². The number of hydrogen-bond acceptors (Lipinski definition) is 7. The second kappa shape index (κ2) is 10.1. The van der Waals surface area contributed by atoms with Crippen LogP contribution >= 0.6 is 0 Å². The molecule has 3 rings (SSSR count). The number of carbonyl (C=O) groups is 3. The summed E-state index contributed by atoms with van der Waals surface area (Å²) in [6.45, 7) is 6.57. The number of nitrogens with zero attached hydrogens (tertiary/aromatic N) is 3. The third-order valence-electron chi connectivity index (χ3n) is 5.90. The van der Waals surface area contributed by atoms with E-state index in [0.717, 1.165) is 0 Å². The van der Waals surface area contributed by atoms with Crippen LogP contribution in [-0.2, 0) is 19.1 Å². The van der Waals surface area contributed by atoms with Gasteiger partial charge in [-0.2, -0.15) is 5.26 Å². The van der Waals surface area contributed by atoms with Gasteiger partial charge >= 0.3 is 12.1 Å². The molecule has 0 bridgehead atoms. The van der Waals surface area contributed by atoms with Crippen LogP contribution in [0.3, 0.4) is 0 Å². The minimum Gasteiger partial charge on any atom is -0.482 e. The van der Waals surface area contributed by atoms with Crippen molar-refractivity contribution < 1.29 is 28.6 Å². The SMILES string of the molecule is COC(=O)C1CN(C(=O)OC(C)(C)C)CCC1CCCN1C(=O)COc2ccc(C#N)cc21. The highest BCUT2D eigenvalue weighted by Crippen LogP contribution is 2.34. The van der Waals surface area contributed by atoms with E-state index in [2.05, 4.69) is 6.07 Å². The molecule has 0 saturated carbocycles. The van der Waals surface area contributed by atoms with Crippen LogP contribution in [-0.4, -0.2) is 61.8 Å². The first-order chi connectivity index (χ1) is 15.6. The molecule has 2 aliphatic rings. The number of nitriles is 1. The number of methoxy groups -OCH3 is 1. The number of hydrogen-bond donors (Lipinski definition) is 0. The van der Waals surface area contributed by atoms with Gasteiger partial charge in [-0.05, 0) is 64.2 Å². The molecule has 0 radical (unpaired) electrons. The lowest BCUT2D eigenvalue weighted by molar-refractivity contribution is -0.149. The third-order valence-corrected chi connectivity index (χ3v) is 5.90. The largest absolute Gasteiger partial charge is 0.482 e. The van der Waals surface area contributed by atoms with Gasteiger partial charge in [-0.1, -0.05) is 0 Å². The molecule has 0 aliphatic carbocycles. The van der Waals surface area contributed by atoms with E-state index in [1.165, 1.54) is 7.11 Å². The highest BCUT2D eigenvalue weighted by Gasteiger charge is 2.38. The molecule has 0 N–H and O–H groups in total. The third kappa shape index (κ3) is 5.95. The summed E-state index contributed by atoms with van der Waals surface area (Å²) in [5.74, 6) is -0.361. The Bertz CT molecular complexity index is 948. The minimum absolute atomic E-state index is 0.0252. The molecular weight excluding hydrogens is 426 g/mol. The Hall–Kier alpha value is -3.28. The standard InChI is InChI=1S/C24H31N3O6/c1-24(2,3)33-23(30)26-11-9-17(18(14-26)22(29)31-4)6-5-10-27-19-12-16(13-25)7-8-20(19)32-15-21(27)28/h7-8,12,17-18H,5-6,9-11,14-15H2,1-4H3. The molecule has 1 aromatic carbocycles. The highest BCUT2D eigenvalue weighted by molar-refractivity contribution is 5.98. The number of rotatable bonds is 5. The van der Waals surface area contributed by atoms with Crippen molar-refractivity contribution in [1.82, 2.24) is 4.90 Å². The summed E-state index contributed by atoms with van der Waals surface area (Å²) in [5, 5.41) is 9.19. The topological polar surface area (TPSA) is 109 Å². The van der Waals surface area contributed by atoms with E-state index in [9.17, 15) is 19.6 Å². The van der Waals surface area contributed by atoms with Gasteiger partial charge in [0.25, 0.3) is 5.91 Å². The van der Waals surface area contributed by atoms with Crippen LogP contribution in [0, 0.1) is 23.2 Å². The molecule has 178 valence electrons. The minimum atomic E-state index is -0.610. The van der Waals surface area contributed by atoms with E-state index in [1.807, 2.05) is 0 Å². The van der Waals surface area contributed by atoms with E-state index in [-0.39, 0.29) is 30.9 Å². The maximum absolute atomic E-state index is 12.5. The summed E-state index contributed by atoms with van der Waals surface area (Å²) in [6.07, 6.45) is 1.57. The zero-order valence-electron chi connectivity index (χ0n) is 19.6. The van der Waals surface area contributed by atoms with Crippen LogP contribution in [0.4, 0.5) is 10.5 Å². The number of ether oxygens (including phenoxy) is 3. The van der Waals surface area contributed by atoms with Crippen molar-refractivity contribution in [3.63, 3.8) is 0 Å². The molecule has 2 heterocycles. The second-order valence-electron chi connectivity index (χ2n) is 9.38. The van der Waals surface area contributed by atoms with Gasteiger partial charge in [0.1, 0.15) is 11.4 Å². The van der Waals surface area contributed by atoms with Gasteiger partial charge in [0.15, 0.2) is 6.61 Å². The smallest absolute Gasteiger partial charge is 0.410 e. The first-order valence-electron chi connectivity index (χ1n) is 11.2. The van der Waals surface area contributed by atoms with Crippen molar-refractivity contribution >= 4 is 23.7 Å². The quantitative estimate of drug-likeness (QED) is 0.625. The Morgan fingerprint density at radius 2 is 2.06 bits per heavy atom. The van der Waals surface area contributed by atoms with Crippen molar-refractivity contribution in [2.75, 3.05) is 38.3 Å². The first kappa shape index (κ1) is 24.4. The summed E-state index contributed by atoms with van der Waals surface area (Å²) in [4.78, 5) is 40.6. The van der Waals surface area contributed by atoms with E-state index in [4.69, 9.17) is 14.2 Å². The molecular formula is C24H31N3O6. The average Bonchev–Trinajstić information content (AvgIpc) is 2.78. The first-order valence-corrected chi connectivity index (χ1v) is 11.2. The van der Waals surface area contributed by atoms with Crippen LogP contribution in [0.5, 0.6) is 5.75 Å². The van der Waals surface area contributed by atoms with Crippen molar-refractivity contribution in [3.05, 3.63) is 23.8 Å². The number of amides is 2. The molecule has 1 fully saturated rings. The fraction of sp³-hybridized carbons (Fsp3) is 0.583. The van der Waals surface area contributed by atoms with Crippen molar-refractivity contribution in [1.29, 1.82) is 5.26 Å². The summed E-state index contributed by atoms with van der Waals surface area (Å²) < 4.78 is 15.9. The molecule has 0 spiro atoms. The maximum atomic E-state index is 12.5. The number of carbonyl (C=O) groups excluding carboxylic acids is 3. The van der Waals surface area contributed by atoms with Crippen molar-refractivity contribution in [2.24, 2.45) is 11.8 Å². The summed E-state index contributed by atoms with van der Waals surface area (Å²) >= 11 is 0. The monoisotopic (exact) mass is 457 g/mol. The Morgan fingerprint density at radius 1 is 1.30 bits per heavy atom. The maximum Gasteiger partial charge on any atom is 0.410 e. The molecule has 0 aromatic heterocycles.